The van der Waals surface area contributed by atoms with Gasteiger partial charge in [0.1, 0.15) is 17.6 Å². The summed E-state index contributed by atoms with van der Waals surface area (Å²) in [7, 11) is 0. The molecule has 1 saturated carbocycles. The molecule has 2 aromatic heterocycles. The third kappa shape index (κ3) is 4.65. The third-order valence-corrected chi connectivity index (χ3v) is 6.31. The molecular weight excluding hydrogens is 438 g/mol. The highest BCUT2D eigenvalue weighted by Gasteiger charge is 2.23. The van der Waals surface area contributed by atoms with Crippen molar-refractivity contribution in [2.24, 2.45) is 5.73 Å². The maximum Gasteiger partial charge on any atom is 0.322 e. The number of hydrogen-bond acceptors (Lipinski definition) is 6. The molecule has 0 spiro atoms. The van der Waals surface area contributed by atoms with Crippen LogP contribution in [0, 0.1) is 13.8 Å². The molecule has 2 aromatic carbocycles. The van der Waals surface area contributed by atoms with Gasteiger partial charge in [0.25, 0.3) is 0 Å². The van der Waals surface area contributed by atoms with Gasteiger partial charge in [-0.15, -0.1) is 0 Å². The molecule has 1 aliphatic carbocycles. The highest BCUT2D eigenvalue weighted by atomic mass is 35.5. The lowest BCUT2D eigenvalue weighted by atomic mass is 9.93. The Morgan fingerprint density at radius 2 is 2.00 bits per heavy atom. The van der Waals surface area contributed by atoms with Crippen LogP contribution < -0.4 is 15.2 Å². The van der Waals surface area contributed by atoms with E-state index in [4.69, 9.17) is 26.8 Å². The van der Waals surface area contributed by atoms with Crippen LogP contribution in [0.2, 0.25) is 5.02 Å². The molecular formula is C25H26ClN5O2. The molecule has 170 valence electrons. The van der Waals surface area contributed by atoms with Crippen LogP contribution in [0.25, 0.3) is 22.0 Å². The number of aromatic amines is 1. The van der Waals surface area contributed by atoms with Gasteiger partial charge in [-0.3, -0.25) is 5.10 Å². The Morgan fingerprint density at radius 1 is 1.12 bits per heavy atom. The molecule has 8 heteroatoms. The Kier molecular flexibility index (Phi) is 5.91. The number of aryl methyl sites for hydroxylation is 2. The summed E-state index contributed by atoms with van der Waals surface area (Å²) < 4.78 is 12.2. The normalized spacial score (nSPS) is 18.4. The average molecular weight is 464 g/mol. The number of hydrogen-bond donors (Lipinski definition) is 2. The van der Waals surface area contributed by atoms with E-state index < -0.39 is 0 Å². The fourth-order valence-electron chi connectivity index (χ4n) is 4.36. The summed E-state index contributed by atoms with van der Waals surface area (Å²) in [5, 5.41) is 9.09. The van der Waals surface area contributed by atoms with E-state index in [0.29, 0.717) is 10.8 Å². The van der Waals surface area contributed by atoms with E-state index in [0.717, 1.165) is 64.9 Å². The largest absolute Gasteiger partial charge is 0.490 e. The summed E-state index contributed by atoms with van der Waals surface area (Å²) in [4.78, 5) is 8.41. The predicted octanol–water partition coefficient (Wildman–Crippen LogP) is 5.73. The first-order valence-corrected chi connectivity index (χ1v) is 11.5. The van der Waals surface area contributed by atoms with Gasteiger partial charge in [0.2, 0.25) is 0 Å². The van der Waals surface area contributed by atoms with Gasteiger partial charge in [-0.1, -0.05) is 11.6 Å². The van der Waals surface area contributed by atoms with Crippen LogP contribution in [0.1, 0.15) is 37.1 Å². The molecule has 0 unspecified atom stereocenters. The molecule has 0 amide bonds. The number of nitrogens with two attached hydrogens (primary N) is 1. The van der Waals surface area contributed by atoms with E-state index in [1.54, 1.807) is 12.3 Å². The molecule has 5 rings (SSSR count). The second kappa shape index (κ2) is 9.00. The second-order valence-corrected chi connectivity index (χ2v) is 9.02. The maximum atomic E-state index is 6.67. The lowest BCUT2D eigenvalue weighted by molar-refractivity contribution is 0.146. The van der Waals surface area contributed by atoms with Crippen LogP contribution in [0.4, 0.5) is 0 Å². The summed E-state index contributed by atoms with van der Waals surface area (Å²) in [6, 6.07) is 11.9. The quantitative estimate of drug-likeness (QED) is 0.392. The topological polar surface area (TPSA) is 98.9 Å². The van der Waals surface area contributed by atoms with E-state index in [9.17, 15) is 0 Å². The van der Waals surface area contributed by atoms with Gasteiger partial charge < -0.3 is 15.2 Å². The third-order valence-electron chi connectivity index (χ3n) is 5.99. The minimum Gasteiger partial charge on any atom is -0.490 e. The van der Waals surface area contributed by atoms with Crippen molar-refractivity contribution in [1.29, 1.82) is 0 Å². The van der Waals surface area contributed by atoms with Gasteiger partial charge in [-0.25, -0.2) is 9.97 Å². The zero-order valence-corrected chi connectivity index (χ0v) is 19.4. The predicted molar refractivity (Wildman–Crippen MR) is 129 cm³/mol. The van der Waals surface area contributed by atoms with E-state index in [1.807, 2.05) is 44.2 Å². The Morgan fingerprint density at radius 3 is 2.79 bits per heavy atom. The molecule has 0 bridgehead atoms. The number of rotatable bonds is 5. The van der Waals surface area contributed by atoms with E-state index in [-0.39, 0.29) is 18.2 Å². The van der Waals surface area contributed by atoms with E-state index in [2.05, 4.69) is 20.2 Å². The maximum absolute atomic E-state index is 6.67. The molecule has 0 aliphatic heterocycles. The number of halogens is 1. The van der Waals surface area contributed by atoms with Crippen molar-refractivity contribution < 1.29 is 9.47 Å². The summed E-state index contributed by atoms with van der Waals surface area (Å²) >= 11 is 6.67. The smallest absolute Gasteiger partial charge is 0.322 e. The van der Waals surface area contributed by atoms with E-state index >= 15 is 0 Å². The standard InChI is InChI=1S/C25H26ClN5O2/c1-14-8-9-28-25(29-14)33-19-6-7-20(21(26)13-19)16-10-22-24(15(2)30-31-22)23(11-16)32-18-5-3-4-17(27)12-18/h6-11,13,17-18H,3-5,12,27H2,1-2H3,(H,30,31)/t17-,18+/m1/s1. The van der Waals surface area contributed by atoms with Crippen LogP contribution >= 0.6 is 11.6 Å². The highest BCUT2D eigenvalue weighted by molar-refractivity contribution is 6.33. The zero-order chi connectivity index (χ0) is 22.9. The first-order chi connectivity index (χ1) is 16.0. The molecule has 2 heterocycles. The molecule has 4 aromatic rings. The van der Waals surface area contributed by atoms with Crippen molar-refractivity contribution in [3.63, 3.8) is 0 Å². The van der Waals surface area contributed by atoms with Crippen LogP contribution in [0.3, 0.4) is 0 Å². The van der Waals surface area contributed by atoms with Crippen LogP contribution in [-0.4, -0.2) is 32.3 Å². The molecule has 0 radical (unpaired) electrons. The van der Waals surface area contributed by atoms with Crippen LogP contribution in [0.5, 0.6) is 17.5 Å². The molecule has 2 atom stereocenters. The van der Waals surface area contributed by atoms with Gasteiger partial charge in [0, 0.05) is 35.3 Å². The van der Waals surface area contributed by atoms with Crippen molar-refractivity contribution in [1.82, 2.24) is 20.2 Å². The Hall–Kier alpha value is -3.16. The number of H-pyrrole nitrogens is 1. The van der Waals surface area contributed by atoms with Gasteiger partial charge in [-0.2, -0.15) is 5.10 Å². The minimum absolute atomic E-state index is 0.0991. The van der Waals surface area contributed by atoms with E-state index in [1.165, 1.54) is 0 Å². The first kappa shape index (κ1) is 21.7. The van der Waals surface area contributed by atoms with Crippen LogP contribution in [0.15, 0.2) is 42.6 Å². The fraction of sp³-hybridized carbons (Fsp3) is 0.320. The first-order valence-electron chi connectivity index (χ1n) is 11.1. The van der Waals surface area contributed by atoms with Crippen molar-refractivity contribution in [2.45, 2.75) is 51.7 Å². The van der Waals surface area contributed by atoms with Gasteiger partial charge >= 0.3 is 6.01 Å². The number of fused-ring (bicyclic) bond motifs is 1. The molecule has 7 nitrogen and oxygen atoms in total. The highest BCUT2D eigenvalue weighted by Crippen LogP contribution is 2.39. The lowest BCUT2D eigenvalue weighted by Crippen LogP contribution is -2.33. The summed E-state index contributed by atoms with van der Waals surface area (Å²) in [5.41, 5.74) is 10.6. The van der Waals surface area contributed by atoms with Crippen molar-refractivity contribution in [2.75, 3.05) is 0 Å². The number of ether oxygens (including phenoxy) is 2. The van der Waals surface area contributed by atoms with Gasteiger partial charge in [0.15, 0.2) is 0 Å². The van der Waals surface area contributed by atoms with Gasteiger partial charge in [0.05, 0.1) is 15.9 Å². The number of nitrogens with one attached hydrogen (secondary N) is 1. The van der Waals surface area contributed by atoms with Crippen molar-refractivity contribution in [3.05, 3.63) is 59.0 Å². The Labute approximate surface area is 197 Å². The molecule has 3 N–H and O–H groups in total. The Bertz CT molecular complexity index is 1310. The lowest BCUT2D eigenvalue weighted by Gasteiger charge is -2.27. The summed E-state index contributed by atoms with van der Waals surface area (Å²) in [5.74, 6) is 1.37. The van der Waals surface area contributed by atoms with Crippen LogP contribution in [-0.2, 0) is 0 Å². The zero-order valence-electron chi connectivity index (χ0n) is 18.6. The SMILES string of the molecule is Cc1ccnc(Oc2ccc(-c3cc(O[C@H]4CCC[C@@H](N)C4)c4c(C)[nH]nc4c3)c(Cl)c2)n1. The Balaban J connectivity index is 1.48. The number of nitrogens with zero attached hydrogens (tertiary/aromatic N) is 3. The molecule has 1 fully saturated rings. The second-order valence-electron chi connectivity index (χ2n) is 8.61. The molecule has 1 aliphatic rings. The summed E-state index contributed by atoms with van der Waals surface area (Å²) in [6.45, 7) is 3.89. The van der Waals surface area contributed by atoms with Crippen molar-refractivity contribution in [3.8, 4) is 28.6 Å². The average Bonchev–Trinajstić information content (AvgIpc) is 3.15. The number of benzene rings is 2. The summed E-state index contributed by atoms with van der Waals surface area (Å²) in [6.07, 6.45) is 5.76. The molecule has 0 saturated heterocycles. The van der Waals surface area contributed by atoms with Crippen molar-refractivity contribution >= 4 is 22.5 Å². The molecule has 33 heavy (non-hydrogen) atoms. The monoisotopic (exact) mass is 463 g/mol. The number of aromatic nitrogens is 4. The van der Waals surface area contributed by atoms with Gasteiger partial charge in [-0.05, 0) is 75.4 Å². The fourth-order valence-corrected chi connectivity index (χ4v) is 4.64. The minimum atomic E-state index is 0.0991.